The number of aromatic nitrogens is 3. The summed E-state index contributed by atoms with van der Waals surface area (Å²) in [4.78, 5) is 14.2. The second-order valence-corrected chi connectivity index (χ2v) is 4.48. The fourth-order valence-corrected chi connectivity index (χ4v) is 1.90. The summed E-state index contributed by atoms with van der Waals surface area (Å²) in [7, 11) is 3.71. The molecule has 17 heavy (non-hydrogen) atoms. The smallest absolute Gasteiger partial charge is 0.230 e. The van der Waals surface area contributed by atoms with Crippen molar-refractivity contribution in [2.45, 2.75) is 10.9 Å². The second-order valence-electron chi connectivity index (χ2n) is 3.54. The number of anilines is 2. The number of nitrogen functional groups attached to an aromatic ring is 1. The van der Waals surface area contributed by atoms with Crippen LogP contribution in [0.2, 0.25) is 0 Å². The van der Waals surface area contributed by atoms with Gasteiger partial charge in [0.05, 0.1) is 12.0 Å². The largest absolute Gasteiger partial charge is 0.468 e. The zero-order valence-electron chi connectivity index (χ0n) is 9.62. The van der Waals surface area contributed by atoms with E-state index >= 15 is 0 Å². The van der Waals surface area contributed by atoms with Crippen LogP contribution in [0.15, 0.2) is 28.0 Å². The molecule has 0 amide bonds. The first kappa shape index (κ1) is 11.7. The highest BCUT2D eigenvalue weighted by atomic mass is 32.2. The lowest BCUT2D eigenvalue weighted by Crippen LogP contribution is -2.15. The number of furan rings is 1. The maximum Gasteiger partial charge on any atom is 0.230 e. The van der Waals surface area contributed by atoms with E-state index in [0.29, 0.717) is 16.9 Å². The first-order chi connectivity index (χ1) is 8.15. The molecule has 0 radical (unpaired) electrons. The van der Waals surface area contributed by atoms with Crippen LogP contribution in [0.1, 0.15) is 5.76 Å². The molecule has 90 valence electrons. The minimum atomic E-state index is 0.227. The van der Waals surface area contributed by atoms with Crippen molar-refractivity contribution in [3.63, 3.8) is 0 Å². The number of hydrogen-bond donors (Lipinski definition) is 1. The Morgan fingerprint density at radius 1 is 1.35 bits per heavy atom. The van der Waals surface area contributed by atoms with Gasteiger partial charge in [0.2, 0.25) is 11.9 Å². The summed E-state index contributed by atoms with van der Waals surface area (Å²) in [6.45, 7) is 0. The van der Waals surface area contributed by atoms with Crippen molar-refractivity contribution in [3.05, 3.63) is 24.2 Å². The van der Waals surface area contributed by atoms with Gasteiger partial charge in [0.25, 0.3) is 0 Å². The maximum absolute atomic E-state index is 5.62. The van der Waals surface area contributed by atoms with Gasteiger partial charge >= 0.3 is 0 Å². The Morgan fingerprint density at radius 3 is 2.82 bits per heavy atom. The Hall–Kier alpha value is -1.76. The SMILES string of the molecule is CN(C)c1nc(N)nc(SCc2ccco2)n1. The highest BCUT2D eigenvalue weighted by Gasteiger charge is 2.07. The van der Waals surface area contributed by atoms with E-state index in [2.05, 4.69) is 15.0 Å². The highest BCUT2D eigenvalue weighted by Crippen LogP contribution is 2.21. The van der Waals surface area contributed by atoms with E-state index in [-0.39, 0.29) is 5.95 Å². The first-order valence-corrected chi connectivity index (χ1v) is 5.98. The lowest BCUT2D eigenvalue weighted by atomic mass is 10.5. The Labute approximate surface area is 103 Å². The van der Waals surface area contributed by atoms with Gasteiger partial charge in [-0.2, -0.15) is 15.0 Å². The van der Waals surface area contributed by atoms with Crippen molar-refractivity contribution in [1.29, 1.82) is 0 Å². The van der Waals surface area contributed by atoms with Crippen molar-refractivity contribution in [2.75, 3.05) is 24.7 Å². The quantitative estimate of drug-likeness (QED) is 0.822. The fraction of sp³-hybridized carbons (Fsp3) is 0.300. The number of nitrogens with zero attached hydrogens (tertiary/aromatic N) is 4. The molecular weight excluding hydrogens is 238 g/mol. The van der Waals surface area contributed by atoms with Gasteiger partial charge in [0, 0.05) is 14.1 Å². The van der Waals surface area contributed by atoms with Crippen molar-refractivity contribution in [3.8, 4) is 0 Å². The summed E-state index contributed by atoms with van der Waals surface area (Å²) in [6.07, 6.45) is 1.64. The molecule has 0 saturated heterocycles. The van der Waals surface area contributed by atoms with Crippen molar-refractivity contribution >= 4 is 23.7 Å². The predicted molar refractivity (Wildman–Crippen MR) is 66.8 cm³/mol. The summed E-state index contributed by atoms with van der Waals surface area (Å²) in [5, 5.41) is 0.595. The third-order valence-corrected chi connectivity index (χ3v) is 2.81. The molecule has 0 aromatic carbocycles. The molecule has 0 aliphatic rings. The molecule has 0 spiro atoms. The van der Waals surface area contributed by atoms with E-state index in [1.54, 1.807) is 11.2 Å². The van der Waals surface area contributed by atoms with E-state index in [1.807, 2.05) is 26.2 Å². The summed E-state index contributed by atoms with van der Waals surface area (Å²) in [5.74, 6) is 2.33. The van der Waals surface area contributed by atoms with Crippen LogP contribution in [0.3, 0.4) is 0 Å². The number of rotatable bonds is 4. The van der Waals surface area contributed by atoms with E-state index in [0.717, 1.165) is 5.76 Å². The van der Waals surface area contributed by atoms with Gasteiger partial charge in [-0.05, 0) is 12.1 Å². The number of hydrogen-bond acceptors (Lipinski definition) is 7. The van der Waals surface area contributed by atoms with E-state index in [1.165, 1.54) is 11.8 Å². The van der Waals surface area contributed by atoms with Crippen LogP contribution in [-0.4, -0.2) is 29.0 Å². The van der Waals surface area contributed by atoms with Crippen LogP contribution < -0.4 is 10.6 Å². The van der Waals surface area contributed by atoms with Crippen LogP contribution in [0, 0.1) is 0 Å². The average molecular weight is 251 g/mol. The van der Waals surface area contributed by atoms with Crippen molar-refractivity contribution in [2.24, 2.45) is 0 Å². The molecule has 0 unspecified atom stereocenters. The zero-order chi connectivity index (χ0) is 12.3. The Balaban J connectivity index is 2.10. The third-order valence-electron chi connectivity index (χ3n) is 1.94. The van der Waals surface area contributed by atoms with Gasteiger partial charge in [-0.1, -0.05) is 11.8 Å². The molecule has 0 saturated carbocycles. The Morgan fingerprint density at radius 2 is 2.18 bits per heavy atom. The second kappa shape index (κ2) is 5.05. The topological polar surface area (TPSA) is 81.1 Å². The maximum atomic E-state index is 5.62. The van der Waals surface area contributed by atoms with Crippen molar-refractivity contribution in [1.82, 2.24) is 15.0 Å². The molecule has 0 fully saturated rings. The monoisotopic (exact) mass is 251 g/mol. The summed E-state index contributed by atoms with van der Waals surface area (Å²) in [6, 6.07) is 3.76. The van der Waals surface area contributed by atoms with Gasteiger partial charge in [-0.25, -0.2) is 0 Å². The van der Waals surface area contributed by atoms with Crippen LogP contribution in [0.4, 0.5) is 11.9 Å². The van der Waals surface area contributed by atoms with Crippen molar-refractivity contribution < 1.29 is 4.42 Å². The zero-order valence-corrected chi connectivity index (χ0v) is 10.4. The Bertz CT molecular complexity index is 485. The molecule has 2 N–H and O–H groups in total. The molecule has 2 rings (SSSR count). The molecule has 0 atom stereocenters. The molecule has 0 bridgehead atoms. The lowest BCUT2D eigenvalue weighted by molar-refractivity contribution is 0.530. The highest BCUT2D eigenvalue weighted by molar-refractivity contribution is 7.98. The van der Waals surface area contributed by atoms with Gasteiger partial charge in [0.1, 0.15) is 5.76 Å². The molecular formula is C10H13N5OS. The number of nitrogens with two attached hydrogens (primary N) is 1. The molecule has 2 aromatic heterocycles. The molecule has 2 heterocycles. The van der Waals surface area contributed by atoms with E-state index in [4.69, 9.17) is 10.2 Å². The number of thioether (sulfide) groups is 1. The molecule has 2 aromatic rings. The van der Waals surface area contributed by atoms with E-state index < -0.39 is 0 Å². The summed E-state index contributed by atoms with van der Waals surface area (Å²) >= 11 is 1.46. The predicted octanol–water partition coefficient (Wildman–Crippen LogP) is 1.41. The van der Waals surface area contributed by atoms with E-state index in [9.17, 15) is 0 Å². The van der Waals surface area contributed by atoms with Gasteiger partial charge < -0.3 is 15.1 Å². The van der Waals surface area contributed by atoms with Gasteiger partial charge in [-0.15, -0.1) is 0 Å². The minimum absolute atomic E-state index is 0.227. The average Bonchev–Trinajstić information content (AvgIpc) is 2.78. The molecule has 0 aliphatic heterocycles. The first-order valence-electron chi connectivity index (χ1n) is 4.99. The summed E-state index contributed by atoms with van der Waals surface area (Å²) < 4.78 is 5.23. The van der Waals surface area contributed by atoms with Gasteiger partial charge in [0.15, 0.2) is 5.16 Å². The fourth-order valence-electron chi connectivity index (χ4n) is 1.16. The van der Waals surface area contributed by atoms with Crippen LogP contribution in [-0.2, 0) is 5.75 Å². The van der Waals surface area contributed by atoms with Crippen LogP contribution in [0.5, 0.6) is 0 Å². The molecule has 7 heteroatoms. The minimum Gasteiger partial charge on any atom is -0.468 e. The summed E-state index contributed by atoms with van der Waals surface area (Å²) in [5.41, 5.74) is 5.62. The van der Waals surface area contributed by atoms with Crippen LogP contribution >= 0.6 is 11.8 Å². The lowest BCUT2D eigenvalue weighted by Gasteiger charge is -2.10. The third kappa shape index (κ3) is 3.10. The van der Waals surface area contributed by atoms with Gasteiger partial charge in [-0.3, -0.25) is 0 Å². The normalized spacial score (nSPS) is 10.5. The van der Waals surface area contributed by atoms with Crippen LogP contribution in [0.25, 0.3) is 0 Å². The molecule has 0 aliphatic carbocycles. The Kier molecular flexibility index (Phi) is 3.48. The molecule has 6 nitrogen and oxygen atoms in total. The standard InChI is InChI=1S/C10H13N5OS/c1-15(2)9-12-8(11)13-10(14-9)17-6-7-4-3-5-16-7/h3-5H,6H2,1-2H3,(H2,11,12,13,14).